The molecule has 0 aliphatic heterocycles. The van der Waals surface area contributed by atoms with Gasteiger partial charge in [-0.15, -0.1) is 0 Å². The fraction of sp³-hybridized carbons (Fsp3) is 0.0909. The lowest BCUT2D eigenvalue weighted by Gasteiger charge is -2.12. The third-order valence-corrected chi connectivity index (χ3v) is 5.40. The molecule has 0 spiro atoms. The van der Waals surface area contributed by atoms with Crippen LogP contribution in [0.2, 0.25) is 0 Å². The number of aromatic nitrogens is 1. The van der Waals surface area contributed by atoms with Crippen LogP contribution in [0.25, 0.3) is 21.2 Å². The molecule has 0 saturated heterocycles. The van der Waals surface area contributed by atoms with E-state index in [1.165, 1.54) is 25.8 Å². The van der Waals surface area contributed by atoms with Crippen LogP contribution < -0.4 is 14.8 Å². The maximum absolute atomic E-state index is 11.4. The maximum atomic E-state index is 11.4. The fourth-order valence-corrected chi connectivity index (χ4v) is 4.04. The summed E-state index contributed by atoms with van der Waals surface area (Å²) < 4.78 is 16.4. The number of fused-ring (bicyclic) bond motifs is 1. The first-order chi connectivity index (χ1) is 13.7. The van der Waals surface area contributed by atoms with E-state index >= 15 is 0 Å². The topological polar surface area (TPSA) is 60.4 Å². The van der Waals surface area contributed by atoms with Crippen LogP contribution >= 0.6 is 11.5 Å². The van der Waals surface area contributed by atoms with Gasteiger partial charge in [0.25, 0.3) is 0 Å². The highest BCUT2D eigenvalue weighted by atomic mass is 32.1. The van der Waals surface area contributed by atoms with Gasteiger partial charge in [0, 0.05) is 28.8 Å². The van der Waals surface area contributed by atoms with E-state index in [2.05, 4.69) is 27.9 Å². The van der Waals surface area contributed by atoms with Gasteiger partial charge in [-0.05, 0) is 23.2 Å². The first kappa shape index (κ1) is 18.0. The number of benzene rings is 3. The smallest absolute Gasteiger partial charge is 0.157 e. The Morgan fingerprint density at radius 2 is 1.68 bits per heavy atom. The number of ether oxygens (including phenoxy) is 2. The summed E-state index contributed by atoms with van der Waals surface area (Å²) in [6.07, 6.45) is 0.728. The average molecular weight is 390 g/mol. The number of aldehydes is 1. The van der Waals surface area contributed by atoms with E-state index in [-0.39, 0.29) is 0 Å². The summed E-state index contributed by atoms with van der Waals surface area (Å²) in [6.45, 7) is 0. The van der Waals surface area contributed by atoms with Crippen molar-refractivity contribution in [2.24, 2.45) is 0 Å². The number of anilines is 2. The van der Waals surface area contributed by atoms with Gasteiger partial charge < -0.3 is 14.8 Å². The predicted molar refractivity (Wildman–Crippen MR) is 113 cm³/mol. The van der Waals surface area contributed by atoms with Crippen molar-refractivity contribution >= 4 is 39.4 Å². The zero-order chi connectivity index (χ0) is 19.5. The highest BCUT2D eigenvalue weighted by molar-refractivity contribution is 7.14. The number of methoxy groups -OCH3 is 2. The molecule has 0 unspecified atom stereocenters. The van der Waals surface area contributed by atoms with Crippen LogP contribution in [0, 0.1) is 0 Å². The van der Waals surface area contributed by atoms with E-state index in [0.29, 0.717) is 17.1 Å². The molecule has 0 aliphatic carbocycles. The molecule has 0 saturated carbocycles. The van der Waals surface area contributed by atoms with Gasteiger partial charge in [-0.2, -0.15) is 4.37 Å². The van der Waals surface area contributed by atoms with Crippen LogP contribution in [-0.4, -0.2) is 24.9 Å². The molecule has 140 valence electrons. The van der Waals surface area contributed by atoms with Crippen molar-refractivity contribution < 1.29 is 14.3 Å². The van der Waals surface area contributed by atoms with Gasteiger partial charge in [0.15, 0.2) is 12.1 Å². The van der Waals surface area contributed by atoms with Crippen molar-refractivity contribution in [1.82, 2.24) is 4.37 Å². The Hall–Kier alpha value is -3.38. The molecule has 1 aromatic heterocycles. The minimum absolute atomic E-state index is 0.380. The number of hydrogen-bond donors (Lipinski definition) is 1. The van der Waals surface area contributed by atoms with Gasteiger partial charge in [-0.25, -0.2) is 0 Å². The number of carbonyl (C=O) groups excluding carboxylic acids is 1. The minimum atomic E-state index is 0.380. The summed E-state index contributed by atoms with van der Waals surface area (Å²) >= 11 is 1.45. The van der Waals surface area contributed by atoms with E-state index in [1.807, 2.05) is 30.3 Å². The number of nitrogens with one attached hydrogen (secondary N) is 1. The highest BCUT2D eigenvalue weighted by Crippen LogP contribution is 2.38. The average Bonchev–Trinajstić information content (AvgIpc) is 3.16. The summed E-state index contributed by atoms with van der Waals surface area (Å²) in [5.74, 6) is 1.64. The molecule has 4 aromatic rings. The van der Waals surface area contributed by atoms with Crippen LogP contribution in [0.1, 0.15) is 10.4 Å². The molecule has 3 aromatic carbocycles. The minimum Gasteiger partial charge on any atom is -0.496 e. The molecule has 0 aliphatic rings. The normalized spacial score (nSPS) is 10.6. The second-order valence-electron chi connectivity index (χ2n) is 6.12. The van der Waals surface area contributed by atoms with Gasteiger partial charge in [0.1, 0.15) is 11.5 Å². The molecule has 0 bridgehead atoms. The zero-order valence-corrected chi connectivity index (χ0v) is 16.2. The van der Waals surface area contributed by atoms with Crippen LogP contribution in [0.3, 0.4) is 0 Å². The van der Waals surface area contributed by atoms with Gasteiger partial charge >= 0.3 is 0 Å². The molecule has 1 heterocycles. The summed E-state index contributed by atoms with van der Waals surface area (Å²) in [4.78, 5) is 11.4. The lowest BCUT2D eigenvalue weighted by atomic mass is 10.0. The third kappa shape index (κ3) is 3.18. The quantitative estimate of drug-likeness (QED) is 0.438. The maximum Gasteiger partial charge on any atom is 0.157 e. The number of nitrogens with zero attached hydrogens (tertiary/aromatic N) is 1. The SMILES string of the molecule is COc1cc(Nc2nsc3c(-c4ccccc4)cccc23)cc(OC)c1C=O. The molecule has 0 radical (unpaired) electrons. The summed E-state index contributed by atoms with van der Waals surface area (Å²) in [7, 11) is 3.05. The molecular weight excluding hydrogens is 372 g/mol. The number of carbonyl (C=O) groups is 1. The van der Waals surface area contributed by atoms with Crippen molar-refractivity contribution in [2.75, 3.05) is 19.5 Å². The first-order valence-electron chi connectivity index (χ1n) is 8.67. The van der Waals surface area contributed by atoms with Crippen molar-refractivity contribution in [1.29, 1.82) is 0 Å². The summed E-state index contributed by atoms with van der Waals surface area (Å²) in [5.41, 5.74) is 3.42. The molecule has 1 N–H and O–H groups in total. The van der Waals surface area contributed by atoms with E-state index in [9.17, 15) is 4.79 Å². The molecule has 28 heavy (non-hydrogen) atoms. The molecule has 6 heteroatoms. The Labute approximate surface area is 166 Å². The monoisotopic (exact) mass is 390 g/mol. The standard InChI is InChI=1S/C22H18N2O3S/c1-26-19-11-15(12-20(27-2)18(19)13-25)23-22-17-10-6-9-16(21(17)28-24-22)14-7-4-3-5-8-14/h3-13H,1-2H3,(H,23,24). The Kier molecular flexibility index (Phi) is 4.95. The molecule has 0 amide bonds. The molecule has 0 fully saturated rings. The van der Waals surface area contributed by atoms with E-state index in [0.717, 1.165) is 39.0 Å². The largest absolute Gasteiger partial charge is 0.496 e. The van der Waals surface area contributed by atoms with Crippen LogP contribution in [-0.2, 0) is 0 Å². The molecule has 4 rings (SSSR count). The van der Waals surface area contributed by atoms with Gasteiger partial charge in [0.05, 0.1) is 24.5 Å². The van der Waals surface area contributed by atoms with Crippen molar-refractivity contribution in [2.45, 2.75) is 0 Å². The van der Waals surface area contributed by atoms with E-state index < -0.39 is 0 Å². The van der Waals surface area contributed by atoms with Crippen molar-refractivity contribution in [3.8, 4) is 22.6 Å². The second-order valence-corrected chi connectivity index (χ2v) is 6.89. The van der Waals surface area contributed by atoms with Gasteiger partial charge in [-0.3, -0.25) is 4.79 Å². The van der Waals surface area contributed by atoms with Crippen LogP contribution in [0.5, 0.6) is 11.5 Å². The summed E-state index contributed by atoms with van der Waals surface area (Å²) in [6, 6.07) is 19.9. The Bertz CT molecular complexity index is 1110. The fourth-order valence-electron chi connectivity index (χ4n) is 3.16. The van der Waals surface area contributed by atoms with Crippen molar-refractivity contribution in [3.63, 3.8) is 0 Å². The highest BCUT2D eigenvalue weighted by Gasteiger charge is 2.15. The lowest BCUT2D eigenvalue weighted by Crippen LogP contribution is -1.99. The molecular formula is C22H18N2O3S. The zero-order valence-electron chi connectivity index (χ0n) is 15.4. The van der Waals surface area contributed by atoms with Gasteiger partial charge in [0.2, 0.25) is 0 Å². The van der Waals surface area contributed by atoms with Crippen LogP contribution in [0.4, 0.5) is 11.5 Å². The molecule has 5 nitrogen and oxygen atoms in total. The Balaban J connectivity index is 1.77. The summed E-state index contributed by atoms with van der Waals surface area (Å²) in [5, 5.41) is 4.36. The molecule has 0 atom stereocenters. The lowest BCUT2D eigenvalue weighted by molar-refractivity contribution is 0.111. The van der Waals surface area contributed by atoms with Crippen LogP contribution in [0.15, 0.2) is 60.7 Å². The predicted octanol–water partition coefficient (Wildman–Crippen LogP) is 5.54. The van der Waals surface area contributed by atoms with Crippen molar-refractivity contribution in [3.05, 3.63) is 66.2 Å². The number of hydrogen-bond acceptors (Lipinski definition) is 6. The number of rotatable bonds is 6. The second kappa shape index (κ2) is 7.70. The Morgan fingerprint density at radius 3 is 2.32 bits per heavy atom. The van der Waals surface area contributed by atoms with E-state index in [4.69, 9.17) is 9.47 Å². The van der Waals surface area contributed by atoms with E-state index in [1.54, 1.807) is 12.1 Å². The Morgan fingerprint density at radius 1 is 0.964 bits per heavy atom. The third-order valence-electron chi connectivity index (χ3n) is 4.51. The first-order valence-corrected chi connectivity index (χ1v) is 9.44. The van der Waals surface area contributed by atoms with Gasteiger partial charge in [-0.1, -0.05) is 42.5 Å².